The van der Waals surface area contributed by atoms with E-state index >= 15 is 0 Å². The molecule has 3 rings (SSSR count). The van der Waals surface area contributed by atoms with Crippen LogP contribution in [0.15, 0.2) is 53.3 Å². The summed E-state index contributed by atoms with van der Waals surface area (Å²) in [5.41, 5.74) is 0. The lowest BCUT2D eigenvalue weighted by Crippen LogP contribution is -2.28. The Kier molecular flexibility index (Phi) is 4.93. The van der Waals surface area contributed by atoms with E-state index in [4.69, 9.17) is 4.52 Å². The van der Waals surface area contributed by atoms with Crippen LogP contribution < -0.4 is 16.0 Å². The second-order valence-electron chi connectivity index (χ2n) is 4.70. The van der Waals surface area contributed by atoms with Gasteiger partial charge in [0.1, 0.15) is 11.6 Å². The van der Waals surface area contributed by atoms with Gasteiger partial charge < -0.3 is 20.5 Å². The topological polar surface area (TPSA) is 118 Å². The Balaban J connectivity index is 1.42. The highest BCUT2D eigenvalue weighted by atomic mass is 16.5. The Hall–Kier alpha value is -3.49. The standard InChI is InChI=1S/C15H15N7O2/c23-15(11-6-8-19-24-11)18-10-9-17-13-4-5-14(22-21-13)20-12-3-1-2-7-16-12/h1-8H,9-10H2,(H,17,21)(H,18,23)(H,16,20,22). The minimum absolute atomic E-state index is 0.180. The van der Waals surface area contributed by atoms with Crippen LogP contribution in [0.4, 0.5) is 17.5 Å². The van der Waals surface area contributed by atoms with Crippen LogP contribution in [0, 0.1) is 0 Å². The van der Waals surface area contributed by atoms with E-state index < -0.39 is 0 Å². The van der Waals surface area contributed by atoms with Crippen molar-refractivity contribution in [2.24, 2.45) is 0 Å². The summed E-state index contributed by atoms with van der Waals surface area (Å²) in [6.45, 7) is 0.913. The summed E-state index contributed by atoms with van der Waals surface area (Å²) in [6, 6.07) is 10.6. The summed E-state index contributed by atoms with van der Waals surface area (Å²) in [7, 11) is 0. The molecule has 0 saturated carbocycles. The van der Waals surface area contributed by atoms with Crippen molar-refractivity contribution in [2.75, 3.05) is 23.7 Å². The molecule has 3 heterocycles. The summed E-state index contributed by atoms with van der Waals surface area (Å²) in [6.07, 6.45) is 3.11. The van der Waals surface area contributed by atoms with Crippen LogP contribution in [-0.2, 0) is 0 Å². The predicted octanol–water partition coefficient (Wildman–Crippen LogP) is 1.45. The number of amides is 1. The van der Waals surface area contributed by atoms with Crippen molar-refractivity contribution in [3.63, 3.8) is 0 Å². The average Bonchev–Trinajstić information content (AvgIpc) is 3.16. The zero-order valence-corrected chi connectivity index (χ0v) is 12.6. The molecular weight excluding hydrogens is 310 g/mol. The third kappa shape index (κ3) is 4.26. The normalized spacial score (nSPS) is 10.2. The van der Waals surface area contributed by atoms with Crippen molar-refractivity contribution in [1.82, 2.24) is 25.7 Å². The molecule has 0 aliphatic heterocycles. The molecule has 0 aliphatic rings. The number of pyridine rings is 1. The van der Waals surface area contributed by atoms with Gasteiger partial charge in [0.05, 0.1) is 6.20 Å². The third-order valence-corrected chi connectivity index (χ3v) is 2.96. The smallest absolute Gasteiger partial charge is 0.289 e. The maximum atomic E-state index is 11.6. The lowest BCUT2D eigenvalue weighted by Gasteiger charge is -2.07. The lowest BCUT2D eigenvalue weighted by atomic mass is 10.4. The van der Waals surface area contributed by atoms with Crippen LogP contribution in [0.25, 0.3) is 0 Å². The van der Waals surface area contributed by atoms with Crippen LogP contribution in [0.2, 0.25) is 0 Å². The minimum Gasteiger partial charge on any atom is -0.367 e. The largest absolute Gasteiger partial charge is 0.367 e. The second kappa shape index (κ2) is 7.68. The van der Waals surface area contributed by atoms with E-state index in [0.717, 1.165) is 0 Å². The summed E-state index contributed by atoms with van der Waals surface area (Å²) < 4.78 is 4.76. The van der Waals surface area contributed by atoms with Gasteiger partial charge in [-0.1, -0.05) is 11.2 Å². The highest BCUT2D eigenvalue weighted by Gasteiger charge is 2.08. The minimum atomic E-state index is -0.310. The molecule has 122 valence electrons. The number of nitrogens with one attached hydrogen (secondary N) is 3. The SMILES string of the molecule is O=C(NCCNc1ccc(Nc2ccccn2)nn1)c1ccno1. The number of anilines is 3. The van der Waals surface area contributed by atoms with E-state index in [1.807, 2.05) is 18.2 Å². The zero-order chi connectivity index (χ0) is 16.6. The van der Waals surface area contributed by atoms with Gasteiger partial charge in [-0.2, -0.15) is 0 Å². The van der Waals surface area contributed by atoms with Crippen molar-refractivity contribution < 1.29 is 9.32 Å². The van der Waals surface area contributed by atoms with Crippen molar-refractivity contribution in [1.29, 1.82) is 0 Å². The molecular formula is C15H15N7O2. The van der Waals surface area contributed by atoms with E-state index in [-0.39, 0.29) is 11.7 Å². The first-order valence-electron chi connectivity index (χ1n) is 7.26. The molecule has 0 saturated heterocycles. The van der Waals surface area contributed by atoms with Crippen LogP contribution in [0.5, 0.6) is 0 Å². The second-order valence-corrected chi connectivity index (χ2v) is 4.70. The highest BCUT2D eigenvalue weighted by Crippen LogP contribution is 2.11. The molecule has 0 radical (unpaired) electrons. The molecule has 3 aromatic rings. The molecule has 0 unspecified atom stereocenters. The monoisotopic (exact) mass is 325 g/mol. The Morgan fingerprint density at radius 1 is 0.958 bits per heavy atom. The number of carbonyl (C=O) groups is 1. The molecule has 0 fully saturated rings. The summed E-state index contributed by atoms with van der Waals surface area (Å²) in [5, 5.41) is 20.4. The third-order valence-electron chi connectivity index (χ3n) is 2.96. The zero-order valence-electron chi connectivity index (χ0n) is 12.6. The molecule has 3 aromatic heterocycles. The summed E-state index contributed by atoms with van der Waals surface area (Å²) >= 11 is 0. The molecule has 9 heteroatoms. The molecule has 0 aliphatic carbocycles. The van der Waals surface area contributed by atoms with Crippen LogP contribution >= 0.6 is 0 Å². The van der Waals surface area contributed by atoms with Gasteiger partial charge in [-0.15, -0.1) is 10.2 Å². The first kappa shape index (κ1) is 15.4. The van der Waals surface area contributed by atoms with E-state index in [1.165, 1.54) is 12.3 Å². The number of carbonyl (C=O) groups excluding carboxylic acids is 1. The molecule has 0 bridgehead atoms. The molecule has 9 nitrogen and oxygen atoms in total. The first-order valence-corrected chi connectivity index (χ1v) is 7.26. The average molecular weight is 325 g/mol. The number of aromatic nitrogens is 4. The van der Waals surface area contributed by atoms with Gasteiger partial charge in [0.2, 0.25) is 5.76 Å². The number of nitrogens with zero attached hydrogens (tertiary/aromatic N) is 4. The molecule has 1 amide bonds. The van der Waals surface area contributed by atoms with Crippen LogP contribution in [0.1, 0.15) is 10.6 Å². The Labute approximate surface area is 137 Å². The van der Waals surface area contributed by atoms with Gasteiger partial charge in [-0.05, 0) is 24.3 Å². The molecule has 24 heavy (non-hydrogen) atoms. The van der Waals surface area contributed by atoms with Crippen molar-refractivity contribution in [2.45, 2.75) is 0 Å². The maximum Gasteiger partial charge on any atom is 0.289 e. The van der Waals surface area contributed by atoms with E-state index in [9.17, 15) is 4.79 Å². The fourth-order valence-electron chi connectivity index (χ4n) is 1.85. The van der Waals surface area contributed by atoms with Gasteiger partial charge in [0, 0.05) is 25.4 Å². The van der Waals surface area contributed by atoms with E-state index in [0.29, 0.717) is 30.5 Å². The Bertz CT molecular complexity index is 760. The lowest BCUT2D eigenvalue weighted by molar-refractivity contribution is 0.0918. The van der Waals surface area contributed by atoms with Crippen molar-refractivity contribution in [3.05, 3.63) is 54.6 Å². The van der Waals surface area contributed by atoms with Crippen molar-refractivity contribution >= 4 is 23.4 Å². The summed E-state index contributed by atoms with van der Waals surface area (Å²) in [5.74, 6) is 1.77. The van der Waals surface area contributed by atoms with E-state index in [1.54, 1.807) is 18.3 Å². The van der Waals surface area contributed by atoms with Gasteiger partial charge in [-0.3, -0.25) is 4.79 Å². The summed E-state index contributed by atoms with van der Waals surface area (Å²) in [4.78, 5) is 15.8. The van der Waals surface area contributed by atoms with Crippen LogP contribution in [0.3, 0.4) is 0 Å². The van der Waals surface area contributed by atoms with Crippen LogP contribution in [-0.4, -0.2) is 39.3 Å². The maximum absolute atomic E-state index is 11.6. The molecule has 3 N–H and O–H groups in total. The van der Waals surface area contributed by atoms with Crippen molar-refractivity contribution in [3.8, 4) is 0 Å². The highest BCUT2D eigenvalue weighted by molar-refractivity contribution is 5.91. The fraction of sp³-hybridized carbons (Fsp3) is 0.133. The van der Waals surface area contributed by atoms with Gasteiger partial charge in [-0.25, -0.2) is 4.98 Å². The van der Waals surface area contributed by atoms with Gasteiger partial charge >= 0.3 is 0 Å². The molecule has 0 aromatic carbocycles. The van der Waals surface area contributed by atoms with Gasteiger partial charge in [0.25, 0.3) is 5.91 Å². The molecule has 0 atom stereocenters. The first-order chi connectivity index (χ1) is 11.8. The number of hydrogen-bond acceptors (Lipinski definition) is 8. The van der Waals surface area contributed by atoms with E-state index in [2.05, 4.69) is 36.3 Å². The predicted molar refractivity (Wildman–Crippen MR) is 86.9 cm³/mol. The molecule has 0 spiro atoms. The number of rotatable bonds is 7. The number of hydrogen-bond donors (Lipinski definition) is 3. The Morgan fingerprint density at radius 2 is 1.83 bits per heavy atom. The van der Waals surface area contributed by atoms with Gasteiger partial charge in [0.15, 0.2) is 5.82 Å². The quantitative estimate of drug-likeness (QED) is 0.559. The Morgan fingerprint density at radius 3 is 2.54 bits per heavy atom. The fourth-order valence-corrected chi connectivity index (χ4v) is 1.85.